The first-order chi connectivity index (χ1) is 31.6. The molecule has 0 rings (SSSR count). The summed E-state index contributed by atoms with van der Waals surface area (Å²) in [6.45, 7) is 2.67. The highest BCUT2D eigenvalue weighted by Crippen LogP contribution is 2.43. The molecule has 0 aromatic carbocycles. The molecular weight excluding hydrogens is 842 g/mol. The van der Waals surface area contributed by atoms with Crippen molar-refractivity contribution in [3.8, 4) is 0 Å². The van der Waals surface area contributed by atoms with E-state index in [9.17, 15) is 34.1 Å². The lowest BCUT2D eigenvalue weighted by Crippen LogP contribution is -2.43. The summed E-state index contributed by atoms with van der Waals surface area (Å²) in [7, 11) is -4.76. The van der Waals surface area contributed by atoms with Gasteiger partial charge in [-0.05, 0) is 12.8 Å². The molecule has 0 aromatic heterocycles. The Hall–Kier alpha value is -1.52. The van der Waals surface area contributed by atoms with E-state index in [4.69, 9.17) is 13.8 Å². The van der Waals surface area contributed by atoms with E-state index < -0.39 is 57.6 Å². The van der Waals surface area contributed by atoms with Crippen molar-refractivity contribution in [2.24, 2.45) is 0 Å². The third-order valence-corrected chi connectivity index (χ3v) is 13.6. The summed E-state index contributed by atoms with van der Waals surface area (Å²) < 4.78 is 27.0. The van der Waals surface area contributed by atoms with Gasteiger partial charge in [-0.15, -0.1) is 0 Å². The van der Waals surface area contributed by atoms with Crippen LogP contribution in [0.25, 0.3) is 0 Å². The van der Waals surface area contributed by atoms with Gasteiger partial charge in [0, 0.05) is 12.8 Å². The van der Waals surface area contributed by atoms with Gasteiger partial charge in [-0.3, -0.25) is 18.6 Å². The number of carbonyl (C=O) groups excluding carboxylic acids is 2. The fourth-order valence-corrected chi connectivity index (χ4v) is 9.15. The topological polar surface area (TPSA) is 169 Å². The van der Waals surface area contributed by atoms with Crippen molar-refractivity contribution in [1.29, 1.82) is 0 Å². The van der Waals surface area contributed by atoms with Gasteiger partial charge < -0.3 is 25.2 Å². The fourth-order valence-electron chi connectivity index (χ4n) is 8.38. The molecule has 0 heterocycles. The van der Waals surface area contributed by atoms with Crippen molar-refractivity contribution < 1.29 is 47.8 Å². The number of carboxylic acids is 1. The third kappa shape index (κ3) is 48.7. The summed E-state index contributed by atoms with van der Waals surface area (Å²) in [4.78, 5) is 46.2. The van der Waals surface area contributed by atoms with Crippen LogP contribution < -0.4 is 5.32 Å². The molecule has 386 valence electrons. The van der Waals surface area contributed by atoms with E-state index in [1.165, 1.54) is 212 Å². The van der Waals surface area contributed by atoms with Crippen molar-refractivity contribution in [2.45, 2.75) is 302 Å². The van der Waals surface area contributed by atoms with Gasteiger partial charge in [-0.25, -0.2) is 9.36 Å². The third-order valence-electron chi connectivity index (χ3n) is 12.6. The van der Waals surface area contributed by atoms with Crippen molar-refractivity contribution >= 4 is 25.7 Å². The van der Waals surface area contributed by atoms with Gasteiger partial charge in [0.2, 0.25) is 5.91 Å². The van der Waals surface area contributed by atoms with Crippen LogP contribution in [-0.2, 0) is 32.7 Å². The zero-order valence-electron chi connectivity index (χ0n) is 42.3. The lowest BCUT2D eigenvalue weighted by Gasteiger charge is -2.18. The van der Waals surface area contributed by atoms with E-state index in [-0.39, 0.29) is 12.8 Å². The molecule has 0 radical (unpaired) electrons. The first-order valence-electron chi connectivity index (χ1n) is 27.6. The van der Waals surface area contributed by atoms with Gasteiger partial charge in [-0.2, -0.15) is 0 Å². The number of esters is 1. The maximum absolute atomic E-state index is 12.4. The minimum atomic E-state index is -4.76. The number of carbonyl (C=O) groups is 3. The van der Waals surface area contributed by atoms with Crippen molar-refractivity contribution in [3.05, 3.63) is 0 Å². The molecule has 0 aliphatic rings. The summed E-state index contributed by atoms with van der Waals surface area (Å²) in [6.07, 6.45) is 51.3. The predicted octanol–water partition coefficient (Wildman–Crippen LogP) is 15.4. The van der Waals surface area contributed by atoms with Crippen LogP contribution in [0.2, 0.25) is 0 Å². The van der Waals surface area contributed by atoms with Crippen LogP contribution in [-0.4, -0.2) is 64.9 Å². The van der Waals surface area contributed by atoms with E-state index in [1.54, 1.807) is 0 Å². The number of phosphoric ester groups is 1. The summed E-state index contributed by atoms with van der Waals surface area (Å²) in [5.41, 5.74) is 0. The summed E-state index contributed by atoms with van der Waals surface area (Å²) in [5.74, 6) is -2.34. The van der Waals surface area contributed by atoms with Crippen LogP contribution >= 0.6 is 7.82 Å². The second-order valence-corrected chi connectivity index (χ2v) is 20.6. The predicted molar refractivity (Wildman–Crippen MR) is 268 cm³/mol. The number of phosphoric acid groups is 1. The standard InChI is InChI=1S/C53H104NO10P/c1-3-5-7-9-11-13-15-17-19-21-23-24-25-27-29-31-33-35-37-39-41-43-45-52(57)62-46-49(55)47-63-65(60,61)64-48-50(53(58)59)54-51(56)44-42-40-38-36-34-32-30-28-26-22-20-18-16-14-12-10-8-6-4-2/h49-50,55H,3-48H2,1-2H3,(H,54,56)(H,58,59)(H,60,61). The second-order valence-electron chi connectivity index (χ2n) is 19.1. The zero-order chi connectivity index (χ0) is 47.7. The Morgan fingerprint density at radius 2 is 0.708 bits per heavy atom. The van der Waals surface area contributed by atoms with Crippen LogP contribution in [0.15, 0.2) is 0 Å². The van der Waals surface area contributed by atoms with Gasteiger partial charge >= 0.3 is 19.8 Å². The highest BCUT2D eigenvalue weighted by atomic mass is 31.2. The summed E-state index contributed by atoms with van der Waals surface area (Å²) in [5, 5.41) is 22.0. The molecule has 0 spiro atoms. The van der Waals surface area contributed by atoms with E-state index in [2.05, 4.69) is 19.2 Å². The van der Waals surface area contributed by atoms with Crippen molar-refractivity contribution in [1.82, 2.24) is 5.32 Å². The molecule has 0 fully saturated rings. The number of hydrogen-bond acceptors (Lipinski definition) is 8. The smallest absolute Gasteiger partial charge is 0.472 e. The average molecular weight is 946 g/mol. The van der Waals surface area contributed by atoms with Crippen molar-refractivity contribution in [3.63, 3.8) is 0 Å². The maximum atomic E-state index is 12.4. The minimum absolute atomic E-state index is 0.153. The molecule has 0 saturated heterocycles. The second kappa shape index (κ2) is 48.9. The molecule has 0 aromatic rings. The van der Waals surface area contributed by atoms with Crippen LogP contribution in [0.4, 0.5) is 0 Å². The lowest BCUT2D eigenvalue weighted by atomic mass is 10.0. The molecule has 0 saturated carbocycles. The number of amides is 1. The lowest BCUT2D eigenvalue weighted by molar-refractivity contribution is -0.147. The highest BCUT2D eigenvalue weighted by Gasteiger charge is 2.28. The Balaban J connectivity index is 3.74. The first-order valence-corrected chi connectivity index (χ1v) is 29.1. The number of carboxylic acid groups (broad SMARTS) is 1. The highest BCUT2D eigenvalue weighted by molar-refractivity contribution is 7.47. The summed E-state index contributed by atoms with van der Waals surface area (Å²) in [6, 6.07) is -1.54. The van der Waals surface area contributed by atoms with Gasteiger partial charge in [0.1, 0.15) is 12.7 Å². The molecule has 65 heavy (non-hydrogen) atoms. The average Bonchev–Trinajstić information content (AvgIpc) is 3.28. The molecule has 4 N–H and O–H groups in total. The molecule has 0 aliphatic heterocycles. The number of hydrogen-bond donors (Lipinski definition) is 4. The number of aliphatic hydroxyl groups is 1. The SMILES string of the molecule is CCCCCCCCCCCCCCCCCCCCCCCCC(=O)OCC(O)COP(=O)(O)OCC(NC(=O)CCCCCCCCCCCCCCCCCCCCC)C(=O)O. The van der Waals surface area contributed by atoms with Gasteiger partial charge in [0.15, 0.2) is 6.04 Å². The minimum Gasteiger partial charge on any atom is -0.480 e. The van der Waals surface area contributed by atoms with Crippen molar-refractivity contribution in [2.75, 3.05) is 19.8 Å². The Kier molecular flexibility index (Phi) is 47.8. The molecule has 12 heteroatoms. The van der Waals surface area contributed by atoms with Gasteiger partial charge in [0.05, 0.1) is 13.2 Å². The summed E-state index contributed by atoms with van der Waals surface area (Å²) >= 11 is 0. The molecule has 3 unspecified atom stereocenters. The Morgan fingerprint density at radius 3 is 1.02 bits per heavy atom. The first kappa shape index (κ1) is 63.5. The van der Waals surface area contributed by atoms with Gasteiger partial charge in [0.25, 0.3) is 0 Å². The monoisotopic (exact) mass is 946 g/mol. The number of aliphatic hydroxyl groups excluding tert-OH is 1. The fraction of sp³-hybridized carbons (Fsp3) is 0.943. The Morgan fingerprint density at radius 1 is 0.431 bits per heavy atom. The van der Waals surface area contributed by atoms with E-state index in [0.29, 0.717) is 12.8 Å². The zero-order valence-corrected chi connectivity index (χ0v) is 43.2. The normalized spacial score (nSPS) is 13.4. The number of nitrogens with one attached hydrogen (secondary N) is 1. The molecule has 3 atom stereocenters. The van der Waals surface area contributed by atoms with Crippen LogP contribution in [0, 0.1) is 0 Å². The van der Waals surface area contributed by atoms with Crippen LogP contribution in [0.3, 0.4) is 0 Å². The van der Waals surface area contributed by atoms with E-state index >= 15 is 0 Å². The number of aliphatic carboxylic acids is 1. The Bertz CT molecular complexity index is 1110. The largest absolute Gasteiger partial charge is 0.480 e. The number of unbranched alkanes of at least 4 members (excludes halogenated alkanes) is 39. The molecule has 11 nitrogen and oxygen atoms in total. The molecule has 0 aliphatic carbocycles. The number of rotatable bonds is 53. The van der Waals surface area contributed by atoms with E-state index in [0.717, 1.165) is 38.5 Å². The van der Waals surface area contributed by atoms with E-state index in [1.807, 2.05) is 0 Å². The molecule has 0 bridgehead atoms. The quantitative estimate of drug-likeness (QED) is 0.0262. The Labute approximate surface area is 399 Å². The number of ether oxygens (including phenoxy) is 1. The van der Waals surface area contributed by atoms with Gasteiger partial charge in [-0.1, -0.05) is 264 Å². The maximum Gasteiger partial charge on any atom is 0.472 e. The molecule has 1 amide bonds. The molecular formula is C53H104NO10P. The van der Waals surface area contributed by atoms with Crippen LogP contribution in [0.5, 0.6) is 0 Å². The van der Waals surface area contributed by atoms with Crippen LogP contribution in [0.1, 0.15) is 290 Å².